The highest BCUT2D eigenvalue weighted by Crippen LogP contribution is 2.42. The minimum atomic E-state index is 0.610. The summed E-state index contributed by atoms with van der Waals surface area (Å²) >= 11 is 0. The van der Waals surface area contributed by atoms with Gasteiger partial charge in [-0.3, -0.25) is 0 Å². The van der Waals surface area contributed by atoms with Gasteiger partial charge in [-0.2, -0.15) is 0 Å². The number of methoxy groups -OCH3 is 3. The van der Waals surface area contributed by atoms with E-state index >= 15 is 0 Å². The van der Waals surface area contributed by atoms with Crippen LogP contribution in [0.4, 0.5) is 5.69 Å². The first-order chi connectivity index (χ1) is 8.28. The first kappa shape index (κ1) is 15.4. The second-order valence-corrected chi connectivity index (χ2v) is 2.91. The molecule has 0 radical (unpaired) electrons. The number of rotatable bonds is 5. The summed E-state index contributed by atoms with van der Waals surface area (Å²) < 4.78 is 15.7. The fourth-order valence-electron chi connectivity index (χ4n) is 1.43. The second-order valence-electron chi connectivity index (χ2n) is 2.91. The first-order valence-electron chi connectivity index (χ1n) is 5.81. The number of hydrogen-bond acceptors (Lipinski definition) is 4. The summed E-state index contributed by atoms with van der Waals surface area (Å²) in [5.74, 6) is 1.94. The van der Waals surface area contributed by atoms with E-state index < -0.39 is 0 Å². The van der Waals surface area contributed by atoms with Crippen LogP contribution in [0.25, 0.3) is 0 Å². The van der Waals surface area contributed by atoms with Crippen LogP contribution >= 0.6 is 0 Å². The highest BCUT2D eigenvalue weighted by molar-refractivity contribution is 5.68. The predicted octanol–water partition coefficient (Wildman–Crippen LogP) is 3.17. The van der Waals surface area contributed by atoms with Crippen LogP contribution in [-0.2, 0) is 0 Å². The number of benzene rings is 1. The summed E-state index contributed by atoms with van der Waals surface area (Å²) in [4.78, 5) is 0. The molecule has 0 unspecified atom stereocenters. The molecule has 4 heteroatoms. The van der Waals surface area contributed by atoms with Crippen molar-refractivity contribution in [2.24, 2.45) is 0 Å². The van der Waals surface area contributed by atoms with E-state index in [4.69, 9.17) is 14.2 Å². The summed E-state index contributed by atoms with van der Waals surface area (Å²) in [6.45, 7) is 6.85. The van der Waals surface area contributed by atoms with Gasteiger partial charge in [-0.25, -0.2) is 0 Å². The molecule has 0 fully saturated rings. The zero-order valence-corrected chi connectivity index (χ0v) is 11.6. The minimum absolute atomic E-state index is 0.610. The normalized spacial score (nSPS) is 8.82. The van der Waals surface area contributed by atoms with Crippen molar-refractivity contribution in [1.82, 2.24) is 0 Å². The third kappa shape index (κ3) is 3.73. The Morgan fingerprint density at radius 2 is 1.53 bits per heavy atom. The van der Waals surface area contributed by atoms with Gasteiger partial charge in [-0.1, -0.05) is 13.8 Å². The van der Waals surface area contributed by atoms with Gasteiger partial charge in [0, 0.05) is 6.54 Å². The Morgan fingerprint density at radius 1 is 0.941 bits per heavy atom. The molecule has 1 aromatic carbocycles. The number of ether oxygens (including phenoxy) is 3. The molecule has 0 amide bonds. The van der Waals surface area contributed by atoms with Gasteiger partial charge in [-0.15, -0.1) is 0 Å². The lowest BCUT2D eigenvalue weighted by Crippen LogP contribution is -2.02. The average molecular weight is 241 g/mol. The lowest BCUT2D eigenvalue weighted by atomic mass is 10.2. The van der Waals surface area contributed by atoms with Crippen molar-refractivity contribution in [3.8, 4) is 17.2 Å². The molecule has 1 rings (SSSR count). The molecule has 0 saturated carbocycles. The zero-order valence-electron chi connectivity index (χ0n) is 11.6. The van der Waals surface area contributed by atoms with Gasteiger partial charge >= 0.3 is 0 Å². The zero-order chi connectivity index (χ0) is 13.3. The summed E-state index contributed by atoms with van der Waals surface area (Å²) in [5.41, 5.74) is 0.901. The quantitative estimate of drug-likeness (QED) is 0.859. The third-order valence-corrected chi connectivity index (χ3v) is 2.07. The summed E-state index contributed by atoms with van der Waals surface area (Å²) in [7, 11) is 4.80. The van der Waals surface area contributed by atoms with Crippen molar-refractivity contribution in [3.63, 3.8) is 0 Å². The molecule has 0 aliphatic carbocycles. The first-order valence-corrected chi connectivity index (χ1v) is 5.81. The molecule has 4 nitrogen and oxygen atoms in total. The van der Waals surface area contributed by atoms with E-state index in [2.05, 4.69) is 5.32 Å². The maximum Gasteiger partial charge on any atom is 0.205 e. The lowest BCUT2D eigenvalue weighted by Gasteiger charge is -2.15. The van der Waals surface area contributed by atoms with E-state index in [1.54, 1.807) is 21.3 Å². The Bertz CT molecular complexity index is 327. The molecule has 1 aromatic rings. The van der Waals surface area contributed by atoms with E-state index in [0.717, 1.165) is 12.2 Å². The summed E-state index contributed by atoms with van der Waals surface area (Å²) in [6.07, 6.45) is 0. The Kier molecular flexibility index (Phi) is 7.76. The van der Waals surface area contributed by atoms with E-state index in [1.807, 2.05) is 32.9 Å². The molecule has 0 aliphatic rings. The number of hydrogen-bond donors (Lipinski definition) is 1. The van der Waals surface area contributed by atoms with Gasteiger partial charge in [-0.05, 0) is 19.1 Å². The van der Waals surface area contributed by atoms with Gasteiger partial charge < -0.3 is 19.5 Å². The molecule has 0 heterocycles. The standard InChI is InChI=1S/C11H17NO3.C2H6/c1-5-12-8-6-7-9(13-2)11(15-4)10(8)14-3;1-2/h6-7,12H,5H2,1-4H3;1-2H3. The Balaban J connectivity index is 0.00000121. The fourth-order valence-corrected chi connectivity index (χ4v) is 1.43. The van der Waals surface area contributed by atoms with Gasteiger partial charge in [0.1, 0.15) is 0 Å². The van der Waals surface area contributed by atoms with Crippen molar-refractivity contribution in [2.75, 3.05) is 33.2 Å². The van der Waals surface area contributed by atoms with Gasteiger partial charge in [0.15, 0.2) is 11.5 Å². The maximum absolute atomic E-state index is 5.29. The largest absolute Gasteiger partial charge is 0.493 e. The number of nitrogens with one attached hydrogen (secondary N) is 1. The van der Waals surface area contributed by atoms with Crippen LogP contribution in [0.5, 0.6) is 17.2 Å². The molecule has 0 aromatic heterocycles. The van der Waals surface area contributed by atoms with Crippen LogP contribution in [0, 0.1) is 0 Å². The minimum Gasteiger partial charge on any atom is -0.493 e. The van der Waals surface area contributed by atoms with Crippen LogP contribution in [0.15, 0.2) is 12.1 Å². The topological polar surface area (TPSA) is 39.7 Å². The predicted molar refractivity (Wildman–Crippen MR) is 71.6 cm³/mol. The van der Waals surface area contributed by atoms with Gasteiger partial charge in [0.25, 0.3) is 0 Å². The van der Waals surface area contributed by atoms with Gasteiger partial charge in [0.2, 0.25) is 5.75 Å². The third-order valence-electron chi connectivity index (χ3n) is 2.07. The monoisotopic (exact) mass is 241 g/mol. The van der Waals surface area contributed by atoms with E-state index in [-0.39, 0.29) is 0 Å². The Labute approximate surface area is 104 Å². The van der Waals surface area contributed by atoms with Crippen LogP contribution in [-0.4, -0.2) is 27.9 Å². The van der Waals surface area contributed by atoms with E-state index in [0.29, 0.717) is 17.2 Å². The average Bonchev–Trinajstić information content (AvgIpc) is 2.40. The molecule has 0 saturated heterocycles. The molecule has 98 valence electrons. The second kappa shape index (κ2) is 8.56. The summed E-state index contributed by atoms with van der Waals surface area (Å²) in [5, 5.41) is 3.19. The molecule has 1 N–H and O–H groups in total. The van der Waals surface area contributed by atoms with Crippen molar-refractivity contribution >= 4 is 5.69 Å². The van der Waals surface area contributed by atoms with E-state index in [1.165, 1.54) is 0 Å². The molecule has 0 spiro atoms. The van der Waals surface area contributed by atoms with Crippen molar-refractivity contribution in [2.45, 2.75) is 20.8 Å². The Hall–Kier alpha value is -1.58. The molecule has 0 aliphatic heterocycles. The van der Waals surface area contributed by atoms with Crippen molar-refractivity contribution < 1.29 is 14.2 Å². The fraction of sp³-hybridized carbons (Fsp3) is 0.538. The summed E-state index contributed by atoms with van der Waals surface area (Å²) in [6, 6.07) is 3.75. The lowest BCUT2D eigenvalue weighted by molar-refractivity contribution is 0.325. The van der Waals surface area contributed by atoms with Gasteiger partial charge in [0.05, 0.1) is 27.0 Å². The van der Waals surface area contributed by atoms with Crippen molar-refractivity contribution in [1.29, 1.82) is 0 Å². The highest BCUT2D eigenvalue weighted by Gasteiger charge is 2.14. The van der Waals surface area contributed by atoms with Crippen LogP contribution in [0.1, 0.15) is 20.8 Å². The molecule has 0 atom stereocenters. The molecular formula is C13H23NO3. The van der Waals surface area contributed by atoms with Crippen LogP contribution in [0.3, 0.4) is 0 Å². The molecular weight excluding hydrogens is 218 g/mol. The highest BCUT2D eigenvalue weighted by atomic mass is 16.5. The molecule has 17 heavy (non-hydrogen) atoms. The van der Waals surface area contributed by atoms with Crippen molar-refractivity contribution in [3.05, 3.63) is 12.1 Å². The maximum atomic E-state index is 5.29. The SMILES string of the molecule is CC.CCNc1ccc(OC)c(OC)c1OC. The molecule has 0 bridgehead atoms. The van der Waals surface area contributed by atoms with Crippen LogP contribution in [0.2, 0.25) is 0 Å². The number of anilines is 1. The smallest absolute Gasteiger partial charge is 0.205 e. The van der Waals surface area contributed by atoms with Crippen LogP contribution < -0.4 is 19.5 Å². The van der Waals surface area contributed by atoms with E-state index in [9.17, 15) is 0 Å². The Morgan fingerprint density at radius 3 is 1.94 bits per heavy atom.